The molecule has 128 valence electrons. The number of hydrogen-bond acceptors (Lipinski definition) is 3. The van der Waals surface area contributed by atoms with Crippen LogP contribution in [-0.4, -0.2) is 18.0 Å². The van der Waals surface area contributed by atoms with Crippen LogP contribution < -0.4 is 15.6 Å². The molecule has 1 heterocycles. The second kappa shape index (κ2) is 7.17. The van der Waals surface area contributed by atoms with Gasteiger partial charge in [0.15, 0.2) is 5.75 Å². The lowest BCUT2D eigenvalue weighted by molar-refractivity contribution is 0.0948. The summed E-state index contributed by atoms with van der Waals surface area (Å²) in [5.41, 5.74) is 1.04. The molecule has 1 aromatic heterocycles. The summed E-state index contributed by atoms with van der Waals surface area (Å²) in [7, 11) is 1.41. The molecule has 0 radical (unpaired) electrons. The summed E-state index contributed by atoms with van der Waals surface area (Å²) in [5, 5.41) is 4.05. The van der Waals surface area contributed by atoms with E-state index >= 15 is 0 Å². The Balaban J connectivity index is 1.87. The van der Waals surface area contributed by atoms with Crippen LogP contribution in [0.15, 0.2) is 47.3 Å². The van der Waals surface area contributed by atoms with E-state index in [9.17, 15) is 9.59 Å². The van der Waals surface area contributed by atoms with E-state index in [-0.39, 0.29) is 33.5 Å². The molecule has 0 spiro atoms. The van der Waals surface area contributed by atoms with Crippen molar-refractivity contribution in [2.75, 3.05) is 7.11 Å². The lowest BCUT2D eigenvalue weighted by Gasteiger charge is -2.12. The lowest BCUT2D eigenvalue weighted by atomic mass is 10.1. The van der Waals surface area contributed by atoms with Crippen LogP contribution in [0.25, 0.3) is 10.9 Å². The predicted octanol–water partition coefficient (Wildman–Crippen LogP) is 3.77. The molecule has 0 atom stereocenters. The van der Waals surface area contributed by atoms with Gasteiger partial charge in [-0.05, 0) is 29.7 Å². The van der Waals surface area contributed by atoms with Gasteiger partial charge in [0.2, 0.25) is 0 Å². The van der Waals surface area contributed by atoms with Crippen LogP contribution in [0.2, 0.25) is 10.0 Å². The Hall–Kier alpha value is -2.50. The largest absolute Gasteiger partial charge is 0.494 e. The van der Waals surface area contributed by atoms with Gasteiger partial charge in [-0.25, -0.2) is 0 Å². The maximum Gasteiger partial charge on any atom is 0.256 e. The summed E-state index contributed by atoms with van der Waals surface area (Å²) in [6.07, 6.45) is 0. The zero-order valence-corrected chi connectivity index (χ0v) is 14.7. The number of benzene rings is 2. The van der Waals surface area contributed by atoms with Crippen molar-refractivity contribution in [3.63, 3.8) is 0 Å². The summed E-state index contributed by atoms with van der Waals surface area (Å²) in [4.78, 5) is 27.4. The Labute approximate surface area is 153 Å². The van der Waals surface area contributed by atoms with Gasteiger partial charge in [-0.1, -0.05) is 41.4 Å². The summed E-state index contributed by atoms with van der Waals surface area (Å²) >= 11 is 12.1. The molecule has 2 aromatic carbocycles. The minimum Gasteiger partial charge on any atom is -0.494 e. The second-order valence-corrected chi connectivity index (χ2v) is 6.15. The lowest BCUT2D eigenvalue weighted by Crippen LogP contribution is -2.27. The van der Waals surface area contributed by atoms with E-state index in [2.05, 4.69) is 10.3 Å². The SMILES string of the molecule is COc1c(Cl)ccc(Cl)c1C(=O)NCc1cc2ccccc2[nH]c1=O. The predicted molar refractivity (Wildman–Crippen MR) is 98.8 cm³/mol. The molecule has 7 heteroatoms. The number of ether oxygens (including phenoxy) is 1. The standard InChI is InChI=1S/C18H14Cl2N2O3/c1-25-16-13(20)7-6-12(19)15(16)18(24)21-9-11-8-10-4-2-3-5-14(10)22-17(11)23/h2-8H,9H2,1H3,(H,21,24)(H,22,23). The molecule has 0 aliphatic carbocycles. The number of hydrogen-bond donors (Lipinski definition) is 2. The Morgan fingerprint density at radius 2 is 1.88 bits per heavy atom. The third kappa shape index (κ3) is 3.48. The average molecular weight is 377 g/mol. The highest BCUT2D eigenvalue weighted by Crippen LogP contribution is 2.33. The Morgan fingerprint density at radius 3 is 2.64 bits per heavy atom. The van der Waals surface area contributed by atoms with Crippen LogP contribution in [0.5, 0.6) is 5.75 Å². The van der Waals surface area contributed by atoms with Gasteiger partial charge in [0.05, 0.1) is 17.2 Å². The molecule has 3 aromatic rings. The quantitative estimate of drug-likeness (QED) is 0.727. The fourth-order valence-corrected chi connectivity index (χ4v) is 3.00. The summed E-state index contributed by atoms with van der Waals surface area (Å²) in [5.74, 6) is -0.281. The Bertz CT molecular complexity index is 1010. The molecule has 3 rings (SSSR count). The zero-order valence-electron chi connectivity index (χ0n) is 13.2. The normalized spacial score (nSPS) is 10.7. The van der Waals surface area contributed by atoms with Crippen molar-refractivity contribution in [1.29, 1.82) is 0 Å². The van der Waals surface area contributed by atoms with Crippen molar-refractivity contribution in [2.45, 2.75) is 6.54 Å². The van der Waals surface area contributed by atoms with Gasteiger partial charge < -0.3 is 15.0 Å². The second-order valence-electron chi connectivity index (χ2n) is 5.33. The van der Waals surface area contributed by atoms with E-state index in [0.29, 0.717) is 5.56 Å². The number of H-pyrrole nitrogens is 1. The number of aromatic nitrogens is 1. The number of carbonyl (C=O) groups is 1. The number of halogens is 2. The molecule has 25 heavy (non-hydrogen) atoms. The van der Waals surface area contributed by atoms with E-state index in [0.717, 1.165) is 10.9 Å². The highest BCUT2D eigenvalue weighted by Gasteiger charge is 2.19. The molecule has 0 saturated carbocycles. The third-order valence-electron chi connectivity index (χ3n) is 3.76. The fraction of sp³-hybridized carbons (Fsp3) is 0.111. The first-order valence-corrected chi connectivity index (χ1v) is 8.18. The molecular formula is C18H14Cl2N2O3. The minimum absolute atomic E-state index is 0.0466. The van der Waals surface area contributed by atoms with Crippen LogP contribution in [-0.2, 0) is 6.54 Å². The summed E-state index contributed by atoms with van der Waals surface area (Å²) < 4.78 is 5.17. The van der Waals surface area contributed by atoms with Crippen molar-refractivity contribution >= 4 is 40.0 Å². The first-order chi connectivity index (χ1) is 12.0. The van der Waals surface area contributed by atoms with Crippen molar-refractivity contribution in [3.05, 3.63) is 74.0 Å². The van der Waals surface area contributed by atoms with Gasteiger partial charge in [-0.2, -0.15) is 0 Å². The molecule has 2 N–H and O–H groups in total. The number of carbonyl (C=O) groups excluding carboxylic acids is 1. The first kappa shape index (κ1) is 17.3. The van der Waals surface area contributed by atoms with Crippen LogP contribution in [0.1, 0.15) is 15.9 Å². The van der Waals surface area contributed by atoms with E-state index in [1.807, 2.05) is 24.3 Å². The molecular weight excluding hydrogens is 363 g/mol. The smallest absolute Gasteiger partial charge is 0.256 e. The van der Waals surface area contributed by atoms with Crippen molar-refractivity contribution in [2.24, 2.45) is 0 Å². The van der Waals surface area contributed by atoms with Gasteiger partial charge >= 0.3 is 0 Å². The van der Waals surface area contributed by atoms with Crippen molar-refractivity contribution < 1.29 is 9.53 Å². The van der Waals surface area contributed by atoms with Crippen molar-refractivity contribution in [3.8, 4) is 5.75 Å². The zero-order chi connectivity index (χ0) is 18.0. The molecule has 0 unspecified atom stereocenters. The van der Waals surface area contributed by atoms with Crippen LogP contribution in [0, 0.1) is 0 Å². The Morgan fingerprint density at radius 1 is 1.16 bits per heavy atom. The molecule has 5 nitrogen and oxygen atoms in total. The molecule has 0 aliphatic rings. The van der Waals surface area contributed by atoms with E-state index < -0.39 is 5.91 Å². The van der Waals surface area contributed by atoms with Crippen LogP contribution in [0.3, 0.4) is 0 Å². The summed E-state index contributed by atoms with van der Waals surface area (Å²) in [6, 6.07) is 12.2. The maximum absolute atomic E-state index is 12.5. The first-order valence-electron chi connectivity index (χ1n) is 7.42. The van der Waals surface area contributed by atoms with Gasteiger partial charge in [-0.3, -0.25) is 9.59 Å². The maximum atomic E-state index is 12.5. The monoisotopic (exact) mass is 376 g/mol. The number of para-hydroxylation sites is 1. The van der Waals surface area contributed by atoms with Crippen LogP contribution in [0.4, 0.5) is 0 Å². The molecule has 0 fully saturated rings. The number of rotatable bonds is 4. The van der Waals surface area contributed by atoms with E-state index in [1.165, 1.54) is 13.2 Å². The Kier molecular flexibility index (Phi) is 4.97. The van der Waals surface area contributed by atoms with Gasteiger partial charge in [0.1, 0.15) is 5.56 Å². The fourth-order valence-electron chi connectivity index (χ4n) is 2.53. The van der Waals surface area contributed by atoms with Crippen LogP contribution >= 0.6 is 23.2 Å². The van der Waals surface area contributed by atoms with Gasteiger partial charge in [-0.15, -0.1) is 0 Å². The molecule has 0 bridgehead atoms. The number of nitrogens with one attached hydrogen (secondary N) is 2. The third-order valence-corrected chi connectivity index (χ3v) is 4.37. The average Bonchev–Trinajstić information content (AvgIpc) is 2.61. The molecule has 1 amide bonds. The summed E-state index contributed by atoms with van der Waals surface area (Å²) in [6.45, 7) is 0.0466. The highest BCUT2D eigenvalue weighted by atomic mass is 35.5. The van der Waals surface area contributed by atoms with Crippen molar-refractivity contribution in [1.82, 2.24) is 10.3 Å². The molecule has 0 saturated heterocycles. The van der Waals surface area contributed by atoms with Gasteiger partial charge in [0.25, 0.3) is 11.5 Å². The number of fused-ring (bicyclic) bond motifs is 1. The minimum atomic E-state index is -0.475. The number of aromatic amines is 1. The number of amides is 1. The molecule has 0 aliphatic heterocycles. The topological polar surface area (TPSA) is 71.2 Å². The highest BCUT2D eigenvalue weighted by molar-refractivity contribution is 6.37. The van der Waals surface area contributed by atoms with E-state index in [1.54, 1.807) is 12.1 Å². The van der Waals surface area contributed by atoms with Gasteiger partial charge in [0, 0.05) is 17.6 Å². The number of methoxy groups -OCH3 is 1. The van der Waals surface area contributed by atoms with E-state index in [4.69, 9.17) is 27.9 Å². The number of pyridine rings is 1.